The number of fused-ring (bicyclic) bond motifs is 1. The molecule has 0 bridgehead atoms. The Bertz CT molecular complexity index is 950. The molecule has 7 nitrogen and oxygen atoms in total. The maximum atomic E-state index is 12.5. The number of carbonyl (C=O) groups is 2. The number of carbonyl (C=O) groups excluding carboxylic acids is 2. The lowest BCUT2D eigenvalue weighted by molar-refractivity contribution is -0.117. The van der Waals surface area contributed by atoms with Crippen LogP contribution in [0.25, 0.3) is 0 Å². The molecule has 3 amide bonds. The monoisotopic (exact) mass is 395 g/mol. The van der Waals surface area contributed by atoms with E-state index in [2.05, 4.69) is 10.6 Å². The van der Waals surface area contributed by atoms with E-state index in [1.54, 1.807) is 4.90 Å². The lowest BCUT2D eigenvalue weighted by Gasteiger charge is -2.22. The number of aryl methyl sites for hydroxylation is 3. The van der Waals surface area contributed by atoms with Crippen LogP contribution in [-0.4, -0.2) is 37.7 Å². The van der Waals surface area contributed by atoms with Gasteiger partial charge in [-0.05, 0) is 44.0 Å². The number of urea groups is 1. The van der Waals surface area contributed by atoms with Gasteiger partial charge in [-0.1, -0.05) is 17.7 Å². The van der Waals surface area contributed by atoms with Gasteiger partial charge in [-0.2, -0.15) is 0 Å². The third-order valence-corrected chi connectivity index (χ3v) is 5.21. The Morgan fingerprint density at radius 1 is 1.03 bits per heavy atom. The van der Waals surface area contributed by atoms with Crippen molar-refractivity contribution in [2.75, 3.05) is 30.0 Å². The van der Waals surface area contributed by atoms with Crippen molar-refractivity contribution in [3.8, 4) is 11.5 Å². The third-order valence-electron chi connectivity index (χ3n) is 5.21. The summed E-state index contributed by atoms with van der Waals surface area (Å²) in [6, 6.07) is 8.97. The number of nitrogens with one attached hydrogen (secondary N) is 2. The van der Waals surface area contributed by atoms with Crippen molar-refractivity contribution in [1.29, 1.82) is 0 Å². The summed E-state index contributed by atoms with van der Waals surface area (Å²) >= 11 is 0. The second kappa shape index (κ2) is 7.66. The number of benzene rings is 2. The molecule has 29 heavy (non-hydrogen) atoms. The number of anilines is 2. The van der Waals surface area contributed by atoms with Crippen molar-refractivity contribution in [3.63, 3.8) is 0 Å². The molecule has 0 saturated carbocycles. The molecule has 1 saturated heterocycles. The predicted octanol–water partition coefficient (Wildman–Crippen LogP) is 3.31. The molecule has 0 unspecified atom stereocenters. The summed E-state index contributed by atoms with van der Waals surface area (Å²) in [6.07, 6.45) is 0.258. The number of rotatable bonds is 3. The smallest absolute Gasteiger partial charge is 0.319 e. The van der Waals surface area contributed by atoms with Gasteiger partial charge in [0.15, 0.2) is 11.5 Å². The van der Waals surface area contributed by atoms with Gasteiger partial charge in [0.2, 0.25) is 5.91 Å². The summed E-state index contributed by atoms with van der Waals surface area (Å²) in [5.74, 6) is 1.29. The van der Waals surface area contributed by atoms with E-state index in [1.165, 1.54) is 0 Å². The van der Waals surface area contributed by atoms with Crippen LogP contribution in [0.15, 0.2) is 30.3 Å². The molecule has 2 aromatic rings. The average Bonchev–Trinajstić information content (AvgIpc) is 3.04. The van der Waals surface area contributed by atoms with E-state index in [9.17, 15) is 9.59 Å². The van der Waals surface area contributed by atoms with E-state index in [0.717, 1.165) is 28.1 Å². The van der Waals surface area contributed by atoms with Crippen molar-refractivity contribution >= 4 is 23.3 Å². The second-order valence-corrected chi connectivity index (χ2v) is 7.61. The minimum atomic E-state index is -0.304. The predicted molar refractivity (Wildman–Crippen MR) is 111 cm³/mol. The first-order chi connectivity index (χ1) is 13.9. The molecular weight excluding hydrogens is 370 g/mol. The Balaban J connectivity index is 1.41. The molecule has 7 heteroatoms. The maximum absolute atomic E-state index is 12.5. The van der Waals surface area contributed by atoms with E-state index < -0.39 is 0 Å². The van der Waals surface area contributed by atoms with Crippen LogP contribution in [0, 0.1) is 20.8 Å². The van der Waals surface area contributed by atoms with Crippen LogP contribution in [0.2, 0.25) is 0 Å². The SMILES string of the molecule is Cc1cc(C)c(NC(=O)N[C@@H]2CC(=O)N(c3ccc4c(c3)OCCO4)C2)c(C)c1. The standard InChI is InChI=1S/C22H25N3O4/c1-13-8-14(2)21(15(3)9-13)24-22(27)23-16-10-20(26)25(12-16)17-4-5-18-19(11-17)29-7-6-28-18/h4-5,8-9,11,16H,6-7,10,12H2,1-3H3,(H2,23,24,27)/t16-/m1/s1. The normalized spacial score (nSPS) is 18.0. The summed E-state index contributed by atoms with van der Waals surface area (Å²) in [6.45, 7) is 7.40. The number of amides is 3. The summed E-state index contributed by atoms with van der Waals surface area (Å²) in [7, 11) is 0. The average molecular weight is 395 g/mol. The Morgan fingerprint density at radius 3 is 2.45 bits per heavy atom. The topological polar surface area (TPSA) is 79.9 Å². The highest BCUT2D eigenvalue weighted by Gasteiger charge is 2.32. The molecule has 0 aliphatic carbocycles. The minimum absolute atomic E-state index is 0.0327. The van der Waals surface area contributed by atoms with Crippen molar-refractivity contribution in [1.82, 2.24) is 5.32 Å². The zero-order valence-electron chi connectivity index (χ0n) is 16.9. The van der Waals surface area contributed by atoms with Crippen LogP contribution in [0.3, 0.4) is 0 Å². The Morgan fingerprint density at radius 2 is 1.72 bits per heavy atom. The van der Waals surface area contributed by atoms with Gasteiger partial charge in [-0.25, -0.2) is 4.79 Å². The van der Waals surface area contributed by atoms with Gasteiger partial charge in [0.25, 0.3) is 0 Å². The first-order valence-corrected chi connectivity index (χ1v) is 9.76. The molecule has 2 aliphatic rings. The van der Waals surface area contributed by atoms with Crippen molar-refractivity contribution in [2.24, 2.45) is 0 Å². The molecule has 152 valence electrons. The van der Waals surface area contributed by atoms with Crippen molar-refractivity contribution in [2.45, 2.75) is 33.2 Å². The second-order valence-electron chi connectivity index (χ2n) is 7.61. The molecule has 1 atom stereocenters. The van der Waals surface area contributed by atoms with Crippen molar-refractivity contribution in [3.05, 3.63) is 47.0 Å². The van der Waals surface area contributed by atoms with Crippen LogP contribution in [0.1, 0.15) is 23.1 Å². The Labute approximate surface area is 170 Å². The summed E-state index contributed by atoms with van der Waals surface area (Å²) in [5.41, 5.74) is 4.73. The molecule has 2 aromatic carbocycles. The van der Waals surface area contributed by atoms with Crippen LogP contribution < -0.4 is 25.0 Å². The molecule has 1 fully saturated rings. The van der Waals surface area contributed by atoms with Gasteiger partial charge in [0.05, 0.1) is 6.04 Å². The minimum Gasteiger partial charge on any atom is -0.486 e. The first-order valence-electron chi connectivity index (χ1n) is 9.76. The number of hydrogen-bond donors (Lipinski definition) is 2. The highest BCUT2D eigenvalue weighted by atomic mass is 16.6. The Kier molecular flexibility index (Phi) is 5.05. The zero-order chi connectivity index (χ0) is 20.5. The molecule has 4 rings (SSSR count). The quantitative estimate of drug-likeness (QED) is 0.836. The fraction of sp³-hybridized carbons (Fsp3) is 0.364. The van der Waals surface area contributed by atoms with Gasteiger partial charge >= 0.3 is 6.03 Å². The molecule has 0 spiro atoms. The van der Waals surface area contributed by atoms with Gasteiger partial charge in [0, 0.05) is 30.4 Å². The zero-order valence-corrected chi connectivity index (χ0v) is 16.9. The van der Waals surface area contributed by atoms with Gasteiger partial charge in [-0.3, -0.25) is 4.79 Å². The van der Waals surface area contributed by atoms with Crippen LogP contribution in [0.4, 0.5) is 16.2 Å². The maximum Gasteiger partial charge on any atom is 0.319 e. The van der Waals surface area contributed by atoms with Crippen LogP contribution >= 0.6 is 0 Å². The van der Waals surface area contributed by atoms with E-state index in [1.807, 2.05) is 51.1 Å². The highest BCUT2D eigenvalue weighted by Crippen LogP contribution is 2.35. The molecule has 0 radical (unpaired) electrons. The molecule has 2 heterocycles. The third kappa shape index (κ3) is 3.99. The van der Waals surface area contributed by atoms with Gasteiger partial charge in [-0.15, -0.1) is 0 Å². The Hall–Kier alpha value is -3.22. The van der Waals surface area contributed by atoms with Crippen LogP contribution in [-0.2, 0) is 4.79 Å². The lowest BCUT2D eigenvalue weighted by Crippen LogP contribution is -2.40. The van der Waals surface area contributed by atoms with E-state index in [-0.39, 0.29) is 24.4 Å². The van der Waals surface area contributed by atoms with E-state index in [0.29, 0.717) is 31.3 Å². The fourth-order valence-electron chi connectivity index (χ4n) is 3.97. The lowest BCUT2D eigenvalue weighted by atomic mass is 10.1. The highest BCUT2D eigenvalue weighted by molar-refractivity contribution is 5.98. The fourth-order valence-corrected chi connectivity index (χ4v) is 3.97. The summed E-state index contributed by atoms with van der Waals surface area (Å²) in [5, 5.41) is 5.85. The molecule has 2 N–H and O–H groups in total. The van der Waals surface area contributed by atoms with Gasteiger partial charge < -0.3 is 25.0 Å². The molecule has 0 aromatic heterocycles. The first kappa shape index (κ1) is 19.1. The van der Waals surface area contributed by atoms with Gasteiger partial charge in [0.1, 0.15) is 13.2 Å². The summed E-state index contributed by atoms with van der Waals surface area (Å²) < 4.78 is 11.1. The van der Waals surface area contributed by atoms with E-state index in [4.69, 9.17) is 9.47 Å². The van der Waals surface area contributed by atoms with Crippen molar-refractivity contribution < 1.29 is 19.1 Å². The van der Waals surface area contributed by atoms with E-state index >= 15 is 0 Å². The van der Waals surface area contributed by atoms with Crippen LogP contribution in [0.5, 0.6) is 11.5 Å². The number of ether oxygens (including phenoxy) is 2. The largest absolute Gasteiger partial charge is 0.486 e. The molecular formula is C22H25N3O4. The summed E-state index contributed by atoms with van der Waals surface area (Å²) in [4.78, 5) is 26.7. The number of nitrogens with zero attached hydrogens (tertiary/aromatic N) is 1. The molecule has 2 aliphatic heterocycles. The number of hydrogen-bond acceptors (Lipinski definition) is 4.